The van der Waals surface area contributed by atoms with Gasteiger partial charge in [0.25, 0.3) is 0 Å². The van der Waals surface area contributed by atoms with Gasteiger partial charge in [0, 0.05) is 23.4 Å². The minimum atomic E-state index is -0.0737. The van der Waals surface area contributed by atoms with E-state index in [9.17, 15) is 0 Å². The van der Waals surface area contributed by atoms with E-state index >= 15 is 0 Å². The molecule has 0 spiro atoms. The molecule has 0 fully saturated rings. The van der Waals surface area contributed by atoms with Gasteiger partial charge in [-0.05, 0) is 78.2 Å². The zero-order chi connectivity index (χ0) is 22.2. The van der Waals surface area contributed by atoms with Crippen LogP contribution in [-0.2, 0) is 0 Å². The van der Waals surface area contributed by atoms with Crippen LogP contribution in [0, 0.1) is 5.41 Å². The Labute approximate surface area is 191 Å². The maximum Gasteiger partial charge on any atom is 0.159 e. The molecule has 2 nitrogen and oxygen atoms in total. The fraction of sp³-hybridized carbons (Fsp3) is 0.0968. The van der Waals surface area contributed by atoms with Crippen molar-refractivity contribution >= 4 is 49.5 Å². The van der Waals surface area contributed by atoms with Crippen molar-refractivity contribution in [3.05, 3.63) is 113 Å². The van der Waals surface area contributed by atoms with Gasteiger partial charge in [-0.3, -0.25) is 0 Å². The van der Waals surface area contributed by atoms with Crippen molar-refractivity contribution in [3.8, 4) is 0 Å². The van der Waals surface area contributed by atoms with E-state index in [1.54, 1.807) is 0 Å². The molecule has 4 aromatic carbocycles. The van der Waals surface area contributed by atoms with Crippen LogP contribution in [0.5, 0.6) is 0 Å². The van der Waals surface area contributed by atoms with Gasteiger partial charge in [-0.1, -0.05) is 74.5 Å². The van der Waals surface area contributed by atoms with Crippen molar-refractivity contribution in [3.63, 3.8) is 0 Å². The van der Waals surface area contributed by atoms with E-state index in [-0.39, 0.29) is 5.41 Å². The van der Waals surface area contributed by atoms with Crippen molar-refractivity contribution in [2.75, 3.05) is 0 Å². The summed E-state index contributed by atoms with van der Waals surface area (Å²) in [5.41, 5.74) is 3.63. The van der Waals surface area contributed by atoms with Crippen LogP contribution in [0.4, 0.5) is 0 Å². The predicted octanol–water partition coefficient (Wildman–Crippen LogP) is 5.93. The van der Waals surface area contributed by atoms with Crippen molar-refractivity contribution in [2.24, 2.45) is 5.41 Å². The first-order valence-corrected chi connectivity index (χ1v) is 11.4. The Morgan fingerprint density at radius 2 is 1.21 bits per heavy atom. The molecule has 0 saturated carbocycles. The molecular formula is C31H22N2. The van der Waals surface area contributed by atoms with Crippen LogP contribution in [0.3, 0.4) is 0 Å². The number of rotatable bonds is 1. The topological polar surface area (TPSA) is 25.8 Å². The van der Waals surface area contributed by atoms with E-state index in [0.29, 0.717) is 0 Å². The Hall–Kier alpha value is -4.04. The summed E-state index contributed by atoms with van der Waals surface area (Å²) >= 11 is 0. The van der Waals surface area contributed by atoms with Gasteiger partial charge in [0.1, 0.15) is 0 Å². The van der Waals surface area contributed by atoms with Crippen LogP contribution in [0.15, 0.2) is 96.8 Å². The van der Waals surface area contributed by atoms with Crippen LogP contribution < -0.4 is 10.4 Å². The molecule has 0 aliphatic heterocycles. The first-order chi connectivity index (χ1) is 16.1. The molecule has 5 aromatic rings. The van der Waals surface area contributed by atoms with Gasteiger partial charge < -0.3 is 0 Å². The molecule has 1 heterocycles. The van der Waals surface area contributed by atoms with Gasteiger partial charge in [-0.25, -0.2) is 9.97 Å². The third-order valence-electron chi connectivity index (χ3n) is 7.16. The monoisotopic (exact) mass is 422 g/mol. The minimum absolute atomic E-state index is 0.0737. The van der Waals surface area contributed by atoms with Crippen LogP contribution in [0.25, 0.3) is 49.5 Å². The van der Waals surface area contributed by atoms with E-state index in [1.807, 2.05) is 18.5 Å². The molecule has 0 radical (unpaired) electrons. The lowest BCUT2D eigenvalue weighted by atomic mass is 9.75. The summed E-state index contributed by atoms with van der Waals surface area (Å²) < 4.78 is 0. The Kier molecular flexibility index (Phi) is 3.64. The van der Waals surface area contributed by atoms with Gasteiger partial charge in [-0.15, -0.1) is 0 Å². The standard InChI is InChI=1S/C31H22N2/c1-31(2)13-12-24(30-32-14-7-15-33-30)28-17-19-16-26-22-10-5-3-8-20(22)21-9-4-6-11-23(21)27(26)18-25(19)29(28)31/h3-18H,1-2H3. The number of fused-ring (bicyclic) bond motifs is 8. The molecular weight excluding hydrogens is 400 g/mol. The van der Waals surface area contributed by atoms with Crippen LogP contribution in [-0.4, -0.2) is 9.97 Å². The molecule has 156 valence electrons. The van der Waals surface area contributed by atoms with E-state index < -0.39 is 0 Å². The van der Waals surface area contributed by atoms with Crippen molar-refractivity contribution in [2.45, 2.75) is 13.8 Å². The van der Waals surface area contributed by atoms with Gasteiger partial charge in [-0.2, -0.15) is 0 Å². The summed E-state index contributed by atoms with van der Waals surface area (Å²) in [4.78, 5) is 9.11. The zero-order valence-corrected chi connectivity index (χ0v) is 18.6. The Balaban J connectivity index is 1.68. The summed E-state index contributed by atoms with van der Waals surface area (Å²) in [5, 5.41) is 10.4. The average Bonchev–Trinajstić information content (AvgIpc) is 3.23. The van der Waals surface area contributed by atoms with Crippen molar-refractivity contribution < 1.29 is 0 Å². The second-order valence-electron chi connectivity index (χ2n) is 9.55. The van der Waals surface area contributed by atoms with E-state index in [2.05, 4.69) is 103 Å². The van der Waals surface area contributed by atoms with Crippen LogP contribution in [0.1, 0.15) is 19.7 Å². The molecule has 0 atom stereocenters. The number of nitrogens with zero attached hydrogens (tertiary/aromatic N) is 2. The molecule has 2 aliphatic carbocycles. The fourth-order valence-electron chi connectivity index (χ4n) is 5.68. The van der Waals surface area contributed by atoms with E-state index in [0.717, 1.165) is 11.4 Å². The maximum atomic E-state index is 4.56. The average molecular weight is 423 g/mol. The summed E-state index contributed by atoms with van der Waals surface area (Å²) in [7, 11) is 0. The van der Waals surface area contributed by atoms with Gasteiger partial charge in [0.05, 0.1) is 0 Å². The summed E-state index contributed by atoms with van der Waals surface area (Å²) in [6.07, 6.45) is 10.5. The summed E-state index contributed by atoms with van der Waals surface area (Å²) in [5.74, 6) is 0.779. The SMILES string of the molecule is CC1(C)C=CC(c2ncccn2)=C2C=c3cc4c5ccccc5c5ccccc5c4cc3=C21. The highest BCUT2D eigenvalue weighted by atomic mass is 14.9. The van der Waals surface area contributed by atoms with Crippen molar-refractivity contribution in [1.82, 2.24) is 9.97 Å². The largest absolute Gasteiger partial charge is 0.237 e. The molecule has 0 bridgehead atoms. The quantitative estimate of drug-likeness (QED) is 0.313. The van der Waals surface area contributed by atoms with Crippen molar-refractivity contribution in [1.29, 1.82) is 0 Å². The number of benzene rings is 4. The van der Waals surface area contributed by atoms with Gasteiger partial charge in [0.15, 0.2) is 5.82 Å². The minimum Gasteiger partial charge on any atom is -0.237 e. The van der Waals surface area contributed by atoms with E-state index in [4.69, 9.17) is 0 Å². The number of hydrogen-bond acceptors (Lipinski definition) is 2. The predicted molar refractivity (Wildman–Crippen MR) is 138 cm³/mol. The van der Waals surface area contributed by atoms with Crippen LogP contribution in [0.2, 0.25) is 0 Å². The third kappa shape index (κ3) is 2.55. The molecule has 1 aromatic heterocycles. The molecule has 2 heteroatoms. The first-order valence-electron chi connectivity index (χ1n) is 11.4. The molecule has 0 N–H and O–H groups in total. The lowest BCUT2D eigenvalue weighted by Crippen LogP contribution is -2.28. The highest BCUT2D eigenvalue weighted by molar-refractivity contribution is 6.25. The number of allylic oxidation sites excluding steroid dienone is 4. The Morgan fingerprint density at radius 1 is 0.636 bits per heavy atom. The Bertz CT molecular complexity index is 1820. The molecule has 2 aliphatic rings. The molecule has 0 unspecified atom stereocenters. The molecule has 0 amide bonds. The molecule has 33 heavy (non-hydrogen) atoms. The molecule has 0 saturated heterocycles. The first kappa shape index (κ1) is 18.5. The zero-order valence-electron chi connectivity index (χ0n) is 18.6. The number of hydrogen-bond donors (Lipinski definition) is 0. The Morgan fingerprint density at radius 3 is 1.85 bits per heavy atom. The highest BCUT2D eigenvalue weighted by Gasteiger charge is 2.32. The summed E-state index contributed by atoms with van der Waals surface area (Å²) in [6.45, 7) is 4.60. The number of aromatic nitrogens is 2. The van der Waals surface area contributed by atoms with Gasteiger partial charge in [0.2, 0.25) is 0 Å². The smallest absolute Gasteiger partial charge is 0.159 e. The molecule has 7 rings (SSSR count). The van der Waals surface area contributed by atoms with Crippen LogP contribution >= 0.6 is 0 Å². The lowest BCUT2D eigenvalue weighted by Gasteiger charge is -2.29. The maximum absolute atomic E-state index is 4.56. The highest BCUT2D eigenvalue weighted by Crippen LogP contribution is 2.44. The third-order valence-corrected chi connectivity index (χ3v) is 7.16. The summed E-state index contributed by atoms with van der Waals surface area (Å²) in [6, 6.07) is 24.2. The second-order valence-corrected chi connectivity index (χ2v) is 9.55. The van der Waals surface area contributed by atoms with E-state index in [1.165, 1.54) is 53.9 Å². The fourth-order valence-corrected chi connectivity index (χ4v) is 5.68. The second kappa shape index (κ2) is 6.49. The normalized spacial score (nSPS) is 16.4. The lowest BCUT2D eigenvalue weighted by molar-refractivity contribution is 0.645. The van der Waals surface area contributed by atoms with Gasteiger partial charge >= 0.3 is 0 Å².